The molecular weight excluding hydrogens is 595 g/mol. The maximum atomic E-state index is 13.8. The van der Waals surface area contributed by atoms with Crippen LogP contribution >= 0.6 is 11.6 Å². The molecule has 3 aromatic rings. The van der Waals surface area contributed by atoms with E-state index in [0.717, 1.165) is 40.1 Å². The lowest BCUT2D eigenvalue weighted by Gasteiger charge is -2.31. The predicted molar refractivity (Wildman–Crippen MR) is 163 cm³/mol. The number of ether oxygens (including phenoxy) is 2. The van der Waals surface area contributed by atoms with Gasteiger partial charge >= 0.3 is 0 Å². The third-order valence-electron chi connectivity index (χ3n) is 7.08. The minimum atomic E-state index is -4.14. The highest BCUT2D eigenvalue weighted by atomic mass is 35.5. The molecule has 4 rings (SSSR count). The molecule has 1 fully saturated rings. The number of sulfonamides is 1. The van der Waals surface area contributed by atoms with Gasteiger partial charge in [-0.3, -0.25) is 4.79 Å². The third-order valence-corrected chi connectivity index (χ3v) is 9.19. The number of benzene rings is 3. The van der Waals surface area contributed by atoms with E-state index in [9.17, 15) is 22.7 Å². The second-order valence-corrected chi connectivity index (χ2v) is 13.5. The molecule has 0 radical (unpaired) electrons. The summed E-state index contributed by atoms with van der Waals surface area (Å²) in [6.07, 6.45) is -0.0518. The lowest BCUT2D eigenvalue weighted by molar-refractivity contribution is -0.122. The van der Waals surface area contributed by atoms with E-state index in [1.165, 1.54) is 0 Å². The molecule has 1 saturated heterocycles. The Morgan fingerprint density at radius 1 is 1.09 bits per heavy atom. The van der Waals surface area contributed by atoms with E-state index in [0.29, 0.717) is 19.0 Å². The number of nitrogens with one attached hydrogen (secondary N) is 1. The van der Waals surface area contributed by atoms with Gasteiger partial charge in [-0.1, -0.05) is 67.9 Å². The predicted octanol–water partition coefficient (Wildman–Crippen LogP) is 4.62. The summed E-state index contributed by atoms with van der Waals surface area (Å²) >= 11 is 5.88. The fourth-order valence-electron chi connectivity index (χ4n) is 4.88. The van der Waals surface area contributed by atoms with Gasteiger partial charge in [0.15, 0.2) is 0 Å². The van der Waals surface area contributed by atoms with E-state index in [2.05, 4.69) is 5.32 Å². The first-order valence-corrected chi connectivity index (χ1v) is 16.1. The molecule has 0 bridgehead atoms. The van der Waals surface area contributed by atoms with Crippen molar-refractivity contribution in [2.45, 2.75) is 56.3 Å². The average Bonchev–Trinajstić information content (AvgIpc) is 3.48. The summed E-state index contributed by atoms with van der Waals surface area (Å²) in [7, 11) is -4.14. The molecule has 11 heteroatoms. The van der Waals surface area contributed by atoms with E-state index >= 15 is 0 Å². The van der Waals surface area contributed by atoms with Crippen molar-refractivity contribution in [2.24, 2.45) is 5.92 Å². The van der Waals surface area contributed by atoms with Crippen LogP contribution in [0.3, 0.4) is 0 Å². The number of carbonyl (C=O) groups excluding carboxylic acids is 1. The molecular formula is C32H38ClFN2O6S. The zero-order valence-electron chi connectivity index (χ0n) is 24.3. The van der Waals surface area contributed by atoms with Crippen LogP contribution in [0.4, 0.5) is 4.39 Å². The highest BCUT2D eigenvalue weighted by Crippen LogP contribution is 2.24. The van der Waals surface area contributed by atoms with E-state index in [-0.39, 0.29) is 53.8 Å². The number of amides is 1. The summed E-state index contributed by atoms with van der Waals surface area (Å²) in [4.78, 5) is 13.0. The standard InChI is InChI=1S/C32H38ClFN2O6S/c1-22(2)19-36(43(39,40)27-12-13-29(34)28(33)18-27)20-31(37)30(16-23-6-4-3-5-7-23)35-32(38)17-24-8-10-25(11-9-24)42-26-14-15-41-21-26/h3-13,18,22,26,30-31,37H,14-17,19-21H2,1-2H3,(H,35,38)/t26-,30-,31+/m0/s1. The summed E-state index contributed by atoms with van der Waals surface area (Å²) in [6.45, 7) is 4.76. The molecule has 8 nitrogen and oxygen atoms in total. The number of aliphatic hydroxyl groups is 1. The Morgan fingerprint density at radius 3 is 2.44 bits per heavy atom. The highest BCUT2D eigenvalue weighted by molar-refractivity contribution is 7.89. The number of rotatable bonds is 14. The molecule has 0 aliphatic carbocycles. The van der Waals surface area contributed by atoms with Gasteiger partial charge in [0.25, 0.3) is 0 Å². The van der Waals surface area contributed by atoms with E-state index in [1.54, 1.807) is 0 Å². The van der Waals surface area contributed by atoms with Gasteiger partial charge in [0, 0.05) is 19.5 Å². The minimum Gasteiger partial charge on any atom is -0.488 e. The summed E-state index contributed by atoms with van der Waals surface area (Å²) in [5.74, 6) is -0.423. The van der Waals surface area contributed by atoms with Crippen molar-refractivity contribution in [3.05, 3.63) is 94.8 Å². The fourth-order valence-corrected chi connectivity index (χ4v) is 6.77. The Kier molecular flexibility index (Phi) is 11.6. The van der Waals surface area contributed by atoms with Gasteiger partial charge in [-0.05, 0) is 53.8 Å². The quantitative estimate of drug-likeness (QED) is 0.269. The topological polar surface area (TPSA) is 105 Å². The summed E-state index contributed by atoms with van der Waals surface area (Å²) in [5.41, 5.74) is 1.63. The molecule has 232 valence electrons. The maximum Gasteiger partial charge on any atom is 0.243 e. The normalized spacial score (nSPS) is 16.8. The second-order valence-electron chi connectivity index (χ2n) is 11.1. The number of hydrogen-bond donors (Lipinski definition) is 2. The molecule has 0 unspecified atom stereocenters. The largest absolute Gasteiger partial charge is 0.488 e. The van der Waals surface area contributed by atoms with Crippen LogP contribution in [0, 0.1) is 11.7 Å². The lowest BCUT2D eigenvalue weighted by atomic mass is 10.00. The van der Waals surface area contributed by atoms with Crippen LogP contribution in [0.2, 0.25) is 5.02 Å². The number of aliphatic hydroxyl groups excluding tert-OH is 1. The van der Waals surface area contributed by atoms with E-state index < -0.39 is 28.0 Å². The van der Waals surface area contributed by atoms with Crippen LogP contribution in [0.1, 0.15) is 31.4 Å². The molecule has 0 aromatic heterocycles. The molecule has 2 N–H and O–H groups in total. The van der Waals surface area contributed by atoms with Gasteiger partial charge in [-0.15, -0.1) is 0 Å². The Morgan fingerprint density at radius 2 is 1.81 bits per heavy atom. The van der Waals surface area contributed by atoms with Gasteiger partial charge in [0.05, 0.1) is 41.7 Å². The van der Waals surface area contributed by atoms with Gasteiger partial charge < -0.3 is 19.9 Å². The number of halogens is 2. The third kappa shape index (κ3) is 9.48. The van der Waals surface area contributed by atoms with Crippen molar-refractivity contribution in [2.75, 3.05) is 26.3 Å². The number of carbonyl (C=O) groups is 1. The summed E-state index contributed by atoms with van der Waals surface area (Å²) in [5, 5.41) is 14.0. The van der Waals surface area contributed by atoms with Crippen LogP contribution in [0.15, 0.2) is 77.7 Å². The zero-order valence-corrected chi connectivity index (χ0v) is 25.9. The first kappa shape index (κ1) is 32.9. The summed E-state index contributed by atoms with van der Waals surface area (Å²) in [6, 6.07) is 19.0. The van der Waals surface area contributed by atoms with Crippen molar-refractivity contribution < 1.29 is 32.2 Å². The summed E-state index contributed by atoms with van der Waals surface area (Å²) < 4.78 is 53.3. The van der Waals surface area contributed by atoms with Gasteiger partial charge in [0.2, 0.25) is 15.9 Å². The Bertz CT molecular complexity index is 1450. The first-order valence-electron chi connectivity index (χ1n) is 14.3. The maximum absolute atomic E-state index is 13.8. The molecule has 0 saturated carbocycles. The van der Waals surface area contributed by atoms with Crippen molar-refractivity contribution in [1.82, 2.24) is 9.62 Å². The van der Waals surface area contributed by atoms with E-state index in [4.69, 9.17) is 21.1 Å². The fraction of sp³-hybridized carbons (Fsp3) is 0.406. The van der Waals surface area contributed by atoms with Gasteiger partial charge in [-0.2, -0.15) is 4.31 Å². The van der Waals surface area contributed by atoms with Crippen molar-refractivity contribution >= 4 is 27.5 Å². The van der Waals surface area contributed by atoms with Crippen LogP contribution < -0.4 is 10.1 Å². The van der Waals surface area contributed by atoms with Crippen LogP contribution in [0.5, 0.6) is 5.75 Å². The zero-order chi connectivity index (χ0) is 31.0. The monoisotopic (exact) mass is 632 g/mol. The van der Waals surface area contributed by atoms with Gasteiger partial charge in [0.1, 0.15) is 17.7 Å². The van der Waals surface area contributed by atoms with Crippen LogP contribution in [-0.2, 0) is 32.4 Å². The first-order chi connectivity index (χ1) is 20.5. The molecule has 1 aliphatic rings. The second kappa shape index (κ2) is 15.1. The van der Waals surface area contributed by atoms with Crippen LogP contribution in [0.25, 0.3) is 0 Å². The Labute approximate surface area is 257 Å². The number of hydrogen-bond acceptors (Lipinski definition) is 6. The number of nitrogens with zero attached hydrogens (tertiary/aromatic N) is 1. The molecule has 3 atom stereocenters. The molecule has 43 heavy (non-hydrogen) atoms. The molecule has 3 aromatic carbocycles. The van der Waals surface area contributed by atoms with Crippen molar-refractivity contribution in [3.63, 3.8) is 0 Å². The molecule has 1 aliphatic heterocycles. The van der Waals surface area contributed by atoms with Crippen molar-refractivity contribution in [3.8, 4) is 5.75 Å². The van der Waals surface area contributed by atoms with Crippen molar-refractivity contribution in [1.29, 1.82) is 0 Å². The Balaban J connectivity index is 1.49. The lowest BCUT2D eigenvalue weighted by Crippen LogP contribution is -2.51. The van der Waals surface area contributed by atoms with E-state index in [1.807, 2.05) is 68.4 Å². The average molecular weight is 633 g/mol. The Hall–Kier alpha value is -3.02. The smallest absolute Gasteiger partial charge is 0.243 e. The highest BCUT2D eigenvalue weighted by Gasteiger charge is 2.32. The molecule has 0 spiro atoms. The van der Waals surface area contributed by atoms with Gasteiger partial charge in [-0.25, -0.2) is 12.8 Å². The molecule has 1 heterocycles. The SMILES string of the molecule is CC(C)CN(C[C@@H](O)[C@H](Cc1ccccc1)NC(=O)Cc1ccc(O[C@H]2CCOC2)cc1)S(=O)(=O)c1ccc(F)c(Cl)c1. The minimum absolute atomic E-state index is 0.0218. The van der Waals surface area contributed by atoms with Crippen LogP contribution in [-0.4, -0.2) is 68.3 Å². The molecule has 1 amide bonds.